The Morgan fingerprint density at radius 3 is 2.35 bits per heavy atom. The van der Waals surface area contributed by atoms with Crippen molar-refractivity contribution in [2.24, 2.45) is 11.8 Å². The van der Waals surface area contributed by atoms with E-state index in [1.165, 1.54) is 17.0 Å². The largest absolute Gasteiger partial charge is 0.274 e. The first-order valence-electron chi connectivity index (χ1n) is 10.1. The Kier molecular flexibility index (Phi) is 4.01. The molecule has 0 bridgehead atoms. The fourth-order valence-corrected chi connectivity index (χ4v) is 5.52. The van der Waals surface area contributed by atoms with Gasteiger partial charge in [-0.3, -0.25) is 14.5 Å². The number of anilines is 1. The summed E-state index contributed by atoms with van der Waals surface area (Å²) in [6.45, 7) is 0. The Labute approximate surface area is 181 Å². The van der Waals surface area contributed by atoms with Crippen LogP contribution in [0.2, 0.25) is 0 Å². The minimum Gasteiger partial charge on any atom is -0.274 e. The molecule has 1 aromatic heterocycles. The van der Waals surface area contributed by atoms with Crippen LogP contribution in [0, 0.1) is 17.7 Å². The molecule has 4 aromatic rings. The van der Waals surface area contributed by atoms with Gasteiger partial charge in [0.25, 0.3) is 0 Å². The molecule has 0 N–H and O–H groups in total. The molecule has 2 amide bonds. The molecule has 2 aliphatic rings. The van der Waals surface area contributed by atoms with Crippen molar-refractivity contribution in [3.63, 3.8) is 0 Å². The molecule has 3 aromatic carbocycles. The van der Waals surface area contributed by atoms with E-state index < -0.39 is 11.8 Å². The highest BCUT2D eigenvalue weighted by Crippen LogP contribution is 2.49. The fourth-order valence-electron chi connectivity index (χ4n) is 5.01. The van der Waals surface area contributed by atoms with E-state index in [1.807, 2.05) is 30.3 Å². The number of aromatic nitrogens is 2. The Morgan fingerprint density at radius 2 is 1.61 bits per heavy atom. The summed E-state index contributed by atoms with van der Waals surface area (Å²) in [5.41, 5.74) is 4.91. The van der Waals surface area contributed by atoms with Crippen LogP contribution in [0.4, 0.5) is 10.1 Å². The van der Waals surface area contributed by atoms with Crippen molar-refractivity contribution in [2.45, 2.75) is 12.3 Å². The van der Waals surface area contributed by atoms with Gasteiger partial charge < -0.3 is 0 Å². The highest BCUT2D eigenvalue weighted by molar-refractivity contribution is 7.00. The monoisotopic (exact) mass is 429 g/mol. The van der Waals surface area contributed by atoms with Crippen LogP contribution in [0.5, 0.6) is 0 Å². The summed E-state index contributed by atoms with van der Waals surface area (Å²) in [6.07, 6.45) is 0.471. The normalized spacial score (nSPS) is 22.6. The third-order valence-electron chi connectivity index (χ3n) is 6.37. The van der Waals surface area contributed by atoms with Gasteiger partial charge >= 0.3 is 0 Å². The number of amides is 2. The minimum absolute atomic E-state index is 0.185. The van der Waals surface area contributed by atoms with E-state index in [0.29, 0.717) is 12.1 Å². The maximum absolute atomic E-state index is 13.7. The van der Waals surface area contributed by atoms with Crippen LogP contribution >= 0.6 is 11.7 Å². The molecule has 1 aliphatic heterocycles. The number of hydrogen-bond acceptors (Lipinski definition) is 5. The summed E-state index contributed by atoms with van der Waals surface area (Å²) in [7, 11) is 0. The van der Waals surface area contributed by atoms with E-state index >= 15 is 0 Å². The summed E-state index contributed by atoms with van der Waals surface area (Å²) >= 11 is 1.14. The summed E-state index contributed by atoms with van der Waals surface area (Å²) < 4.78 is 22.4. The Bertz CT molecular complexity index is 1340. The van der Waals surface area contributed by atoms with Crippen LogP contribution in [-0.4, -0.2) is 20.6 Å². The molecule has 3 atom stereocenters. The lowest BCUT2D eigenvalue weighted by atomic mass is 9.67. The number of hydrogen-bond donors (Lipinski definition) is 0. The van der Waals surface area contributed by atoms with Crippen LogP contribution in [0.25, 0.3) is 11.0 Å². The molecule has 0 saturated carbocycles. The van der Waals surface area contributed by atoms with E-state index in [0.717, 1.165) is 39.5 Å². The molecular weight excluding hydrogens is 413 g/mol. The van der Waals surface area contributed by atoms with Gasteiger partial charge in [-0.1, -0.05) is 30.3 Å². The first-order valence-corrected chi connectivity index (χ1v) is 10.8. The second-order valence-electron chi connectivity index (χ2n) is 8.02. The number of rotatable bonds is 2. The van der Waals surface area contributed by atoms with Gasteiger partial charge in [0.2, 0.25) is 11.8 Å². The average Bonchev–Trinajstić information content (AvgIpc) is 3.34. The standard InChI is InChI=1S/C24H16FN3O2S/c25-15-8-6-13(7-9-15)21-17-12-20-19(26-31-27-20)11-14(17)10-18-22(21)24(30)28(23(18)29)16-4-2-1-3-5-16/h1-9,11-12,18,21-22H,10H2/t18-,21+,22-/m1/s1. The van der Waals surface area contributed by atoms with Crippen LogP contribution in [0.15, 0.2) is 66.7 Å². The second kappa shape index (κ2) is 6.78. The third kappa shape index (κ3) is 2.73. The number of fused-ring (bicyclic) bond motifs is 3. The lowest BCUT2D eigenvalue weighted by molar-refractivity contribution is -0.122. The van der Waals surface area contributed by atoms with Crippen molar-refractivity contribution < 1.29 is 14.0 Å². The molecule has 1 aliphatic carbocycles. The lowest BCUT2D eigenvalue weighted by Crippen LogP contribution is -2.33. The fraction of sp³-hybridized carbons (Fsp3) is 0.167. The van der Waals surface area contributed by atoms with E-state index in [2.05, 4.69) is 8.75 Å². The zero-order valence-corrected chi connectivity index (χ0v) is 17.1. The summed E-state index contributed by atoms with van der Waals surface area (Å²) in [4.78, 5) is 28.4. The van der Waals surface area contributed by atoms with Crippen LogP contribution in [-0.2, 0) is 16.0 Å². The van der Waals surface area contributed by atoms with E-state index in [-0.39, 0.29) is 23.5 Å². The third-order valence-corrected chi connectivity index (χ3v) is 6.93. The van der Waals surface area contributed by atoms with Gasteiger partial charge in [-0.2, -0.15) is 8.75 Å². The number of halogens is 1. The van der Waals surface area contributed by atoms with Crippen molar-refractivity contribution in [3.8, 4) is 0 Å². The summed E-state index contributed by atoms with van der Waals surface area (Å²) in [6, 6.07) is 19.2. The van der Waals surface area contributed by atoms with E-state index in [1.54, 1.807) is 24.3 Å². The zero-order valence-electron chi connectivity index (χ0n) is 16.2. The number of para-hydroxylation sites is 1. The molecule has 2 heterocycles. The average molecular weight is 429 g/mol. The molecule has 0 radical (unpaired) electrons. The zero-order chi connectivity index (χ0) is 21.1. The molecule has 0 spiro atoms. The topological polar surface area (TPSA) is 63.2 Å². The number of imide groups is 1. The maximum atomic E-state index is 13.7. The molecule has 7 heteroatoms. The van der Waals surface area contributed by atoms with Crippen molar-refractivity contribution in [1.29, 1.82) is 0 Å². The van der Waals surface area contributed by atoms with Gasteiger partial charge in [-0.25, -0.2) is 4.39 Å². The maximum Gasteiger partial charge on any atom is 0.238 e. The number of nitrogens with zero attached hydrogens (tertiary/aromatic N) is 3. The highest BCUT2D eigenvalue weighted by atomic mass is 32.1. The predicted octanol–water partition coefficient (Wildman–Crippen LogP) is 4.32. The molecule has 1 saturated heterocycles. The molecular formula is C24H16FN3O2S. The molecule has 5 nitrogen and oxygen atoms in total. The van der Waals surface area contributed by atoms with Gasteiger partial charge in [0.1, 0.15) is 16.9 Å². The molecule has 0 unspecified atom stereocenters. The number of carbonyl (C=O) groups excluding carboxylic acids is 2. The van der Waals surface area contributed by atoms with Crippen molar-refractivity contribution in [3.05, 3.63) is 89.2 Å². The Balaban J connectivity index is 1.55. The van der Waals surface area contributed by atoms with Crippen LogP contribution in [0.3, 0.4) is 0 Å². The molecule has 6 rings (SSSR count). The summed E-state index contributed by atoms with van der Waals surface area (Å²) in [5.74, 6) is -2.11. The molecule has 152 valence electrons. The second-order valence-corrected chi connectivity index (χ2v) is 8.55. The minimum atomic E-state index is -0.547. The van der Waals surface area contributed by atoms with Crippen molar-refractivity contribution in [2.75, 3.05) is 4.90 Å². The van der Waals surface area contributed by atoms with Gasteiger partial charge in [-0.05, 0) is 59.5 Å². The summed E-state index contributed by atoms with van der Waals surface area (Å²) in [5, 5.41) is 0. The smallest absolute Gasteiger partial charge is 0.238 e. The Hall–Kier alpha value is -3.45. The SMILES string of the molecule is O=C1[C@H]2[C@@H](c3ccc(F)cc3)c3cc4nsnc4cc3C[C@H]2C(=O)N1c1ccccc1. The van der Waals surface area contributed by atoms with Gasteiger partial charge in [-0.15, -0.1) is 0 Å². The van der Waals surface area contributed by atoms with E-state index in [4.69, 9.17) is 0 Å². The Morgan fingerprint density at radius 1 is 0.903 bits per heavy atom. The predicted molar refractivity (Wildman–Crippen MR) is 115 cm³/mol. The first-order chi connectivity index (χ1) is 15.1. The van der Waals surface area contributed by atoms with E-state index in [9.17, 15) is 14.0 Å². The van der Waals surface area contributed by atoms with Gasteiger partial charge in [0.15, 0.2) is 0 Å². The molecule has 31 heavy (non-hydrogen) atoms. The van der Waals surface area contributed by atoms with Crippen LogP contribution in [0.1, 0.15) is 22.6 Å². The van der Waals surface area contributed by atoms with Crippen LogP contribution < -0.4 is 4.90 Å². The lowest BCUT2D eigenvalue weighted by Gasteiger charge is -2.33. The quantitative estimate of drug-likeness (QED) is 0.445. The molecule has 1 fully saturated rings. The highest BCUT2D eigenvalue weighted by Gasteiger charge is 2.54. The van der Waals surface area contributed by atoms with Gasteiger partial charge in [0, 0.05) is 5.92 Å². The van der Waals surface area contributed by atoms with Crippen molar-refractivity contribution in [1.82, 2.24) is 8.75 Å². The number of benzene rings is 3. The van der Waals surface area contributed by atoms with Crippen molar-refractivity contribution >= 4 is 40.3 Å². The number of carbonyl (C=O) groups is 2. The van der Waals surface area contributed by atoms with Gasteiger partial charge in [0.05, 0.1) is 29.3 Å². The first kappa shape index (κ1) is 18.3.